The van der Waals surface area contributed by atoms with E-state index in [1.807, 2.05) is 48.5 Å². The Bertz CT molecular complexity index is 1160. The summed E-state index contributed by atoms with van der Waals surface area (Å²) < 4.78 is 28.1. The number of hydrogen-bond acceptors (Lipinski definition) is 6. The van der Waals surface area contributed by atoms with Crippen LogP contribution in [-0.4, -0.2) is 61.7 Å². The van der Waals surface area contributed by atoms with E-state index in [0.29, 0.717) is 0 Å². The SMILES string of the molecule is CC(C)(NC(=O)OCC1c2ccccc2-c2ccccc21)C(=O)NC(CCS(C)(=O)=O)C(=O)O. The Labute approximate surface area is 198 Å². The molecule has 0 aromatic heterocycles. The summed E-state index contributed by atoms with van der Waals surface area (Å²) in [6.45, 7) is 2.86. The molecule has 3 N–H and O–H groups in total. The van der Waals surface area contributed by atoms with E-state index in [-0.39, 0.29) is 18.9 Å². The molecular formula is C24H28N2O7S. The van der Waals surface area contributed by atoms with Gasteiger partial charge in [-0.15, -0.1) is 0 Å². The number of ether oxygens (including phenoxy) is 1. The topological polar surface area (TPSA) is 139 Å². The molecule has 2 aromatic rings. The minimum absolute atomic E-state index is 0.0592. The molecule has 0 saturated carbocycles. The lowest BCUT2D eigenvalue weighted by Gasteiger charge is -2.27. The van der Waals surface area contributed by atoms with E-state index >= 15 is 0 Å². The zero-order valence-electron chi connectivity index (χ0n) is 19.2. The summed E-state index contributed by atoms with van der Waals surface area (Å²) in [7, 11) is -3.41. The van der Waals surface area contributed by atoms with Crippen LogP contribution in [0.1, 0.15) is 37.3 Å². The van der Waals surface area contributed by atoms with E-state index in [2.05, 4.69) is 10.6 Å². The van der Waals surface area contributed by atoms with Gasteiger partial charge in [0.05, 0.1) is 5.75 Å². The third-order valence-electron chi connectivity index (χ3n) is 5.71. The maximum atomic E-state index is 12.6. The monoisotopic (exact) mass is 488 g/mol. The van der Waals surface area contributed by atoms with Gasteiger partial charge >= 0.3 is 12.1 Å². The normalized spacial score (nSPS) is 14.0. The lowest BCUT2D eigenvalue weighted by Crippen LogP contribution is -2.58. The van der Waals surface area contributed by atoms with E-state index in [9.17, 15) is 27.9 Å². The quantitative estimate of drug-likeness (QED) is 0.492. The van der Waals surface area contributed by atoms with Crippen molar-refractivity contribution in [3.05, 3.63) is 59.7 Å². The summed E-state index contributed by atoms with van der Waals surface area (Å²) in [4.78, 5) is 36.6. The number of fused-ring (bicyclic) bond motifs is 3. The fourth-order valence-corrected chi connectivity index (χ4v) is 4.54. The van der Waals surface area contributed by atoms with Crippen LogP contribution in [0.25, 0.3) is 11.1 Å². The molecule has 10 heteroatoms. The predicted molar refractivity (Wildman–Crippen MR) is 126 cm³/mol. The number of carboxylic acid groups (broad SMARTS) is 1. The molecule has 2 amide bonds. The first kappa shape index (κ1) is 25.2. The molecule has 0 bridgehead atoms. The molecule has 34 heavy (non-hydrogen) atoms. The molecule has 1 aliphatic rings. The molecule has 0 saturated heterocycles. The van der Waals surface area contributed by atoms with Crippen molar-refractivity contribution >= 4 is 27.8 Å². The van der Waals surface area contributed by atoms with Crippen molar-refractivity contribution in [3.8, 4) is 11.1 Å². The first-order valence-corrected chi connectivity index (χ1v) is 12.8. The van der Waals surface area contributed by atoms with Crippen molar-refractivity contribution in [1.29, 1.82) is 0 Å². The summed E-state index contributed by atoms with van der Waals surface area (Å²) in [6.07, 6.45) is -0.137. The smallest absolute Gasteiger partial charge is 0.408 e. The first-order valence-electron chi connectivity index (χ1n) is 10.7. The number of benzene rings is 2. The van der Waals surface area contributed by atoms with Crippen LogP contribution < -0.4 is 10.6 Å². The number of carbonyl (C=O) groups is 3. The Hall–Kier alpha value is -3.40. The van der Waals surface area contributed by atoms with Gasteiger partial charge in [0.25, 0.3) is 0 Å². The van der Waals surface area contributed by atoms with Gasteiger partial charge in [0.15, 0.2) is 0 Å². The number of carbonyl (C=O) groups excluding carboxylic acids is 2. The van der Waals surface area contributed by atoms with Crippen molar-refractivity contribution in [2.45, 2.75) is 37.8 Å². The van der Waals surface area contributed by atoms with Crippen LogP contribution in [0.15, 0.2) is 48.5 Å². The van der Waals surface area contributed by atoms with Gasteiger partial charge in [0.1, 0.15) is 28.0 Å². The zero-order chi connectivity index (χ0) is 25.1. The van der Waals surface area contributed by atoms with Gasteiger partial charge in [-0.05, 0) is 42.5 Å². The van der Waals surface area contributed by atoms with Gasteiger partial charge in [-0.3, -0.25) is 4.79 Å². The van der Waals surface area contributed by atoms with E-state index < -0.39 is 45.1 Å². The molecule has 3 rings (SSSR count). The van der Waals surface area contributed by atoms with Gasteiger partial charge in [0.2, 0.25) is 5.91 Å². The number of aliphatic carboxylic acids is 1. The average Bonchev–Trinajstić information content (AvgIpc) is 3.07. The molecule has 1 atom stereocenters. The van der Waals surface area contributed by atoms with Gasteiger partial charge in [-0.1, -0.05) is 48.5 Å². The maximum absolute atomic E-state index is 12.6. The van der Waals surface area contributed by atoms with Gasteiger partial charge in [-0.25, -0.2) is 18.0 Å². The van der Waals surface area contributed by atoms with Crippen LogP contribution in [0.5, 0.6) is 0 Å². The van der Waals surface area contributed by atoms with Crippen LogP contribution in [0.3, 0.4) is 0 Å². The van der Waals surface area contributed by atoms with Crippen molar-refractivity contribution in [2.75, 3.05) is 18.6 Å². The second kappa shape index (κ2) is 9.84. The van der Waals surface area contributed by atoms with Crippen molar-refractivity contribution in [2.24, 2.45) is 0 Å². The summed E-state index contributed by atoms with van der Waals surface area (Å²) in [6, 6.07) is 14.4. The molecule has 9 nitrogen and oxygen atoms in total. The number of amides is 2. The molecule has 0 radical (unpaired) electrons. The standard InChI is InChI=1S/C24H28N2O7S/c1-24(2,22(29)25-20(21(27)28)12-13-34(3,31)32)26-23(30)33-14-19-17-10-6-4-8-15(17)16-9-5-7-11-18(16)19/h4-11,19-20H,12-14H2,1-3H3,(H,25,29)(H,26,30)(H,27,28). The van der Waals surface area contributed by atoms with Crippen LogP contribution in [0, 0.1) is 0 Å². The summed E-state index contributed by atoms with van der Waals surface area (Å²) in [5.74, 6) is -2.69. The van der Waals surface area contributed by atoms with E-state index in [1.165, 1.54) is 13.8 Å². The first-order chi connectivity index (χ1) is 15.9. The largest absolute Gasteiger partial charge is 0.480 e. The Kier molecular flexibility index (Phi) is 7.30. The van der Waals surface area contributed by atoms with Crippen LogP contribution in [-0.2, 0) is 24.2 Å². The molecule has 0 aliphatic heterocycles. The predicted octanol–water partition coefficient (Wildman–Crippen LogP) is 2.31. The molecule has 0 heterocycles. The summed E-state index contributed by atoms with van der Waals surface area (Å²) in [5.41, 5.74) is 2.76. The van der Waals surface area contributed by atoms with E-state index in [1.54, 1.807) is 0 Å². The maximum Gasteiger partial charge on any atom is 0.408 e. The number of sulfone groups is 1. The van der Waals surface area contributed by atoms with Crippen molar-refractivity contribution in [1.82, 2.24) is 10.6 Å². The average molecular weight is 489 g/mol. The van der Waals surface area contributed by atoms with Gasteiger partial charge in [-0.2, -0.15) is 0 Å². The summed E-state index contributed by atoms with van der Waals surface area (Å²) in [5, 5.41) is 14.1. The second-order valence-electron chi connectivity index (χ2n) is 8.86. The molecule has 182 valence electrons. The minimum Gasteiger partial charge on any atom is -0.480 e. The molecule has 0 spiro atoms. The van der Waals surface area contributed by atoms with Crippen LogP contribution >= 0.6 is 0 Å². The second-order valence-corrected chi connectivity index (χ2v) is 11.1. The summed E-state index contributed by atoms with van der Waals surface area (Å²) >= 11 is 0. The third kappa shape index (κ3) is 5.93. The van der Waals surface area contributed by atoms with Crippen molar-refractivity contribution < 1.29 is 32.6 Å². The Balaban J connectivity index is 1.62. The molecular weight excluding hydrogens is 460 g/mol. The van der Waals surface area contributed by atoms with E-state index in [0.717, 1.165) is 28.5 Å². The fourth-order valence-electron chi connectivity index (χ4n) is 3.87. The van der Waals surface area contributed by atoms with E-state index in [4.69, 9.17) is 4.74 Å². The fraction of sp³-hybridized carbons (Fsp3) is 0.375. The highest BCUT2D eigenvalue weighted by molar-refractivity contribution is 7.90. The molecule has 0 fully saturated rings. The Morgan fingerprint density at radius 3 is 2.06 bits per heavy atom. The lowest BCUT2D eigenvalue weighted by atomic mass is 9.98. The molecule has 1 unspecified atom stereocenters. The van der Waals surface area contributed by atoms with Crippen LogP contribution in [0.2, 0.25) is 0 Å². The number of hydrogen-bond donors (Lipinski definition) is 3. The molecule has 1 aliphatic carbocycles. The third-order valence-corrected chi connectivity index (χ3v) is 6.68. The van der Waals surface area contributed by atoms with Gasteiger partial charge < -0.3 is 20.5 Å². The highest BCUT2D eigenvalue weighted by atomic mass is 32.2. The highest BCUT2D eigenvalue weighted by Gasteiger charge is 2.34. The minimum atomic E-state index is -3.41. The number of rotatable bonds is 9. The Morgan fingerprint density at radius 2 is 1.56 bits per heavy atom. The zero-order valence-corrected chi connectivity index (χ0v) is 20.0. The van der Waals surface area contributed by atoms with Gasteiger partial charge in [0, 0.05) is 12.2 Å². The van der Waals surface area contributed by atoms with Crippen LogP contribution in [0.4, 0.5) is 4.79 Å². The molecule has 2 aromatic carbocycles. The van der Waals surface area contributed by atoms with Crippen molar-refractivity contribution in [3.63, 3.8) is 0 Å². The number of nitrogens with one attached hydrogen (secondary N) is 2. The lowest BCUT2D eigenvalue weighted by molar-refractivity contribution is -0.142. The number of carboxylic acids is 1. The number of alkyl carbamates (subject to hydrolysis) is 1. The Morgan fingerprint density at radius 1 is 1.03 bits per heavy atom. The highest BCUT2D eigenvalue weighted by Crippen LogP contribution is 2.44.